The van der Waals surface area contributed by atoms with Gasteiger partial charge in [0, 0.05) is 18.0 Å². The van der Waals surface area contributed by atoms with E-state index in [1.807, 2.05) is 4.72 Å². The van der Waals surface area contributed by atoms with Crippen molar-refractivity contribution in [1.82, 2.24) is 4.72 Å². The van der Waals surface area contributed by atoms with Gasteiger partial charge in [0.15, 0.2) is 0 Å². The number of nitrogens with zero attached hydrogens (tertiary/aromatic N) is 3. The molecule has 0 bridgehead atoms. The quantitative estimate of drug-likeness (QED) is 0.378. The summed E-state index contributed by atoms with van der Waals surface area (Å²) in [5.74, 6) is 0. The molecule has 0 aliphatic rings. The van der Waals surface area contributed by atoms with Gasteiger partial charge in [-0.05, 0) is 24.1 Å². The average Bonchev–Trinajstić information content (AvgIpc) is 2.37. The van der Waals surface area contributed by atoms with E-state index in [1.165, 1.54) is 6.07 Å². The molecule has 0 aliphatic carbocycles. The Labute approximate surface area is 113 Å². The Morgan fingerprint density at radius 1 is 1.30 bits per heavy atom. The molecular formula is C10H11F3N4O2S. The molecule has 0 radical (unpaired) electrons. The summed E-state index contributed by atoms with van der Waals surface area (Å²) in [6.45, 7) is -0.0620. The van der Waals surface area contributed by atoms with Crippen LogP contribution in [0, 0.1) is 0 Å². The van der Waals surface area contributed by atoms with Crippen LogP contribution < -0.4 is 4.72 Å². The second-order valence-electron chi connectivity index (χ2n) is 3.70. The van der Waals surface area contributed by atoms with Gasteiger partial charge in [-0.25, -0.2) is 13.1 Å². The molecule has 1 aromatic carbocycles. The molecule has 20 heavy (non-hydrogen) atoms. The third-order valence-electron chi connectivity index (χ3n) is 2.27. The number of benzene rings is 1. The molecule has 1 rings (SSSR count). The maximum absolute atomic E-state index is 12.7. The van der Waals surface area contributed by atoms with Crippen molar-refractivity contribution in [2.45, 2.75) is 17.5 Å². The zero-order valence-electron chi connectivity index (χ0n) is 10.1. The molecule has 0 unspecified atom stereocenters. The molecule has 6 nitrogen and oxygen atoms in total. The highest BCUT2D eigenvalue weighted by atomic mass is 32.2. The smallest absolute Gasteiger partial charge is 0.211 e. The Bertz CT molecular complexity index is 609. The third kappa shape index (κ3) is 4.41. The maximum Gasteiger partial charge on any atom is 0.417 e. The van der Waals surface area contributed by atoms with E-state index in [9.17, 15) is 21.6 Å². The second kappa shape index (κ2) is 6.60. The lowest BCUT2D eigenvalue weighted by molar-refractivity contribution is -0.139. The molecule has 1 aromatic rings. The molecular weight excluding hydrogens is 297 g/mol. The summed E-state index contributed by atoms with van der Waals surface area (Å²) in [7, 11) is -4.27. The molecule has 0 aliphatic heterocycles. The Balaban J connectivity index is 2.90. The predicted molar refractivity (Wildman–Crippen MR) is 65.3 cm³/mol. The summed E-state index contributed by atoms with van der Waals surface area (Å²) < 4.78 is 63.8. The molecule has 1 N–H and O–H groups in total. The highest BCUT2D eigenvalue weighted by Gasteiger charge is 2.36. The zero-order valence-corrected chi connectivity index (χ0v) is 10.9. The largest absolute Gasteiger partial charge is 0.417 e. The van der Waals surface area contributed by atoms with Gasteiger partial charge in [-0.15, -0.1) is 0 Å². The number of sulfonamides is 1. The second-order valence-corrected chi connectivity index (χ2v) is 5.44. The molecule has 110 valence electrons. The van der Waals surface area contributed by atoms with Crippen LogP contribution in [0.3, 0.4) is 0 Å². The van der Waals surface area contributed by atoms with Gasteiger partial charge in [-0.2, -0.15) is 13.2 Å². The van der Waals surface area contributed by atoms with Gasteiger partial charge >= 0.3 is 6.18 Å². The number of hydrogen-bond acceptors (Lipinski definition) is 3. The number of alkyl halides is 3. The van der Waals surface area contributed by atoms with E-state index in [0.29, 0.717) is 6.07 Å². The van der Waals surface area contributed by atoms with Gasteiger partial charge in [0.05, 0.1) is 10.5 Å². The monoisotopic (exact) mass is 308 g/mol. The van der Waals surface area contributed by atoms with Crippen LogP contribution in [0.4, 0.5) is 13.2 Å². The predicted octanol–water partition coefficient (Wildman–Crippen LogP) is 2.68. The first-order chi connectivity index (χ1) is 9.29. The SMILES string of the molecule is [N-]=[N+]=NCCCNS(=O)(=O)c1ccccc1C(F)(F)F. The van der Waals surface area contributed by atoms with Gasteiger partial charge in [0.2, 0.25) is 10.0 Å². The fourth-order valence-electron chi connectivity index (χ4n) is 1.41. The van der Waals surface area contributed by atoms with E-state index in [4.69, 9.17) is 5.53 Å². The fraction of sp³-hybridized carbons (Fsp3) is 0.400. The van der Waals surface area contributed by atoms with Crippen molar-refractivity contribution >= 4 is 10.0 Å². The lowest BCUT2D eigenvalue weighted by Crippen LogP contribution is -2.27. The van der Waals surface area contributed by atoms with Gasteiger partial charge in [0.25, 0.3) is 0 Å². The van der Waals surface area contributed by atoms with Crippen molar-refractivity contribution in [3.05, 3.63) is 40.3 Å². The highest BCUT2D eigenvalue weighted by Crippen LogP contribution is 2.33. The first kappa shape index (κ1) is 16.3. The molecule has 0 fully saturated rings. The average molecular weight is 308 g/mol. The van der Waals surface area contributed by atoms with Crippen LogP contribution in [0.2, 0.25) is 0 Å². The summed E-state index contributed by atoms with van der Waals surface area (Å²) in [6.07, 6.45) is -4.56. The maximum atomic E-state index is 12.7. The number of azide groups is 1. The van der Waals surface area contributed by atoms with Crippen molar-refractivity contribution in [3.8, 4) is 0 Å². The number of rotatable bonds is 6. The van der Waals surface area contributed by atoms with Gasteiger partial charge in [0.1, 0.15) is 0 Å². The Morgan fingerprint density at radius 3 is 2.55 bits per heavy atom. The van der Waals surface area contributed by atoms with E-state index in [2.05, 4.69) is 10.0 Å². The summed E-state index contributed by atoms with van der Waals surface area (Å²) in [4.78, 5) is 1.65. The van der Waals surface area contributed by atoms with Crippen LogP contribution in [0.15, 0.2) is 34.3 Å². The van der Waals surface area contributed by atoms with Gasteiger partial charge in [-0.3, -0.25) is 0 Å². The van der Waals surface area contributed by atoms with E-state index in [0.717, 1.165) is 12.1 Å². The molecule has 0 aromatic heterocycles. The lowest BCUT2D eigenvalue weighted by Gasteiger charge is -2.13. The van der Waals surface area contributed by atoms with E-state index < -0.39 is 26.7 Å². The third-order valence-corrected chi connectivity index (χ3v) is 3.79. The summed E-state index contributed by atoms with van der Waals surface area (Å²) >= 11 is 0. The molecule has 0 saturated heterocycles. The number of hydrogen-bond donors (Lipinski definition) is 1. The van der Waals surface area contributed by atoms with Crippen LogP contribution in [0.5, 0.6) is 0 Å². The molecule has 0 spiro atoms. The van der Waals surface area contributed by atoms with E-state index in [1.54, 1.807) is 0 Å². The van der Waals surface area contributed by atoms with Crippen molar-refractivity contribution in [1.29, 1.82) is 0 Å². The summed E-state index contributed by atoms with van der Waals surface area (Å²) in [5, 5.41) is 3.19. The molecule has 0 amide bonds. The summed E-state index contributed by atoms with van der Waals surface area (Å²) in [5.41, 5.74) is 6.80. The zero-order chi connectivity index (χ0) is 15.2. The van der Waals surface area contributed by atoms with Crippen LogP contribution in [0.1, 0.15) is 12.0 Å². The number of halogens is 3. The minimum Gasteiger partial charge on any atom is -0.211 e. The van der Waals surface area contributed by atoms with Crippen molar-refractivity contribution in [3.63, 3.8) is 0 Å². The fourth-order valence-corrected chi connectivity index (χ4v) is 2.71. The van der Waals surface area contributed by atoms with Crippen LogP contribution in [-0.2, 0) is 16.2 Å². The Hall–Kier alpha value is -1.77. The van der Waals surface area contributed by atoms with Gasteiger partial charge in [-0.1, -0.05) is 17.2 Å². The van der Waals surface area contributed by atoms with E-state index >= 15 is 0 Å². The minimum atomic E-state index is -4.75. The van der Waals surface area contributed by atoms with Crippen LogP contribution in [-0.4, -0.2) is 21.5 Å². The van der Waals surface area contributed by atoms with Crippen molar-refractivity contribution in [2.75, 3.05) is 13.1 Å². The molecule has 0 atom stereocenters. The molecule has 0 saturated carbocycles. The van der Waals surface area contributed by atoms with Crippen LogP contribution >= 0.6 is 0 Å². The molecule has 10 heteroatoms. The number of nitrogens with one attached hydrogen (secondary N) is 1. The Kier molecular flexibility index (Phi) is 5.37. The van der Waals surface area contributed by atoms with Crippen molar-refractivity contribution in [2.24, 2.45) is 5.11 Å². The van der Waals surface area contributed by atoms with Crippen molar-refractivity contribution < 1.29 is 21.6 Å². The summed E-state index contributed by atoms with van der Waals surface area (Å²) in [6, 6.07) is 3.92. The minimum absolute atomic E-state index is 0.0555. The normalized spacial score (nSPS) is 11.9. The first-order valence-electron chi connectivity index (χ1n) is 5.46. The topological polar surface area (TPSA) is 94.9 Å². The highest BCUT2D eigenvalue weighted by molar-refractivity contribution is 7.89. The van der Waals surface area contributed by atoms with Crippen LogP contribution in [0.25, 0.3) is 10.4 Å². The van der Waals surface area contributed by atoms with Gasteiger partial charge < -0.3 is 0 Å². The standard InChI is InChI=1S/C10H11F3N4O2S/c11-10(12,13)8-4-1-2-5-9(8)20(18,19)16-7-3-6-15-17-14/h1-2,4-5,16H,3,6-7H2. The first-order valence-corrected chi connectivity index (χ1v) is 6.94. The lowest BCUT2D eigenvalue weighted by atomic mass is 10.2. The Morgan fingerprint density at radius 2 is 1.95 bits per heavy atom. The van der Waals surface area contributed by atoms with E-state index in [-0.39, 0.29) is 19.5 Å². The molecule has 0 heterocycles.